The summed E-state index contributed by atoms with van der Waals surface area (Å²) in [5.41, 5.74) is -0.110. The molecule has 1 saturated carbocycles. The Kier molecular flexibility index (Phi) is 5.65. The van der Waals surface area contributed by atoms with Crippen molar-refractivity contribution in [3.63, 3.8) is 0 Å². The summed E-state index contributed by atoms with van der Waals surface area (Å²) in [6.07, 6.45) is 5.27. The summed E-state index contributed by atoms with van der Waals surface area (Å²) in [6.45, 7) is 0. The average molecular weight is 413 g/mol. The van der Waals surface area contributed by atoms with Crippen LogP contribution in [0, 0.1) is 11.6 Å². The van der Waals surface area contributed by atoms with E-state index in [1.54, 1.807) is 18.2 Å². The maximum Gasteiger partial charge on any atom is 0.362 e. The van der Waals surface area contributed by atoms with Crippen molar-refractivity contribution in [2.75, 3.05) is 16.0 Å². The highest BCUT2D eigenvalue weighted by Crippen LogP contribution is 2.32. The van der Waals surface area contributed by atoms with Gasteiger partial charge in [0.25, 0.3) is 0 Å². The lowest BCUT2D eigenvalue weighted by atomic mass is 9.95. The molecule has 156 valence electrons. The number of anilines is 3. The van der Waals surface area contributed by atoms with Crippen molar-refractivity contribution in [3.05, 3.63) is 64.5 Å². The van der Waals surface area contributed by atoms with E-state index in [4.69, 9.17) is 4.42 Å². The molecular weight excluding hydrogens is 392 g/mol. The first-order valence-electron chi connectivity index (χ1n) is 9.87. The molecule has 2 aromatic carbocycles. The molecule has 1 fully saturated rings. The Hall–Kier alpha value is -3.42. The third-order valence-corrected chi connectivity index (χ3v) is 5.18. The third-order valence-electron chi connectivity index (χ3n) is 5.18. The number of benzene rings is 2. The minimum absolute atomic E-state index is 0.0562. The van der Waals surface area contributed by atoms with Crippen LogP contribution in [0.25, 0.3) is 11.0 Å². The first-order chi connectivity index (χ1) is 14.5. The van der Waals surface area contributed by atoms with E-state index in [9.17, 15) is 18.4 Å². The summed E-state index contributed by atoms with van der Waals surface area (Å²) in [5.74, 6) is -1.68. The molecule has 30 heavy (non-hydrogen) atoms. The Balaban J connectivity index is 1.66. The molecule has 1 aromatic heterocycles. The Labute approximate surface area is 171 Å². The van der Waals surface area contributed by atoms with Gasteiger partial charge >= 0.3 is 11.7 Å². The number of para-hydroxylation sites is 1. The molecule has 1 aliphatic carbocycles. The lowest BCUT2D eigenvalue weighted by Crippen LogP contribution is -2.28. The van der Waals surface area contributed by atoms with E-state index in [-0.39, 0.29) is 17.4 Å². The molecule has 0 unspecified atom stereocenters. The Morgan fingerprint density at radius 2 is 1.73 bits per heavy atom. The van der Waals surface area contributed by atoms with Gasteiger partial charge < -0.3 is 15.1 Å². The van der Waals surface area contributed by atoms with E-state index >= 15 is 0 Å². The van der Waals surface area contributed by atoms with Crippen LogP contribution in [0.4, 0.5) is 30.6 Å². The highest BCUT2D eigenvalue weighted by atomic mass is 19.1. The molecule has 6 nitrogen and oxygen atoms in total. The van der Waals surface area contributed by atoms with Crippen molar-refractivity contribution in [3.8, 4) is 0 Å². The van der Waals surface area contributed by atoms with Gasteiger partial charge in [0, 0.05) is 17.5 Å². The monoisotopic (exact) mass is 413 g/mol. The first kappa shape index (κ1) is 19.9. The molecule has 2 amide bonds. The Morgan fingerprint density at radius 3 is 2.50 bits per heavy atom. The van der Waals surface area contributed by atoms with Crippen LogP contribution in [-0.4, -0.2) is 12.1 Å². The molecule has 0 radical (unpaired) electrons. The van der Waals surface area contributed by atoms with Crippen molar-refractivity contribution in [2.45, 2.75) is 38.1 Å². The van der Waals surface area contributed by atoms with Gasteiger partial charge in [-0.3, -0.25) is 5.32 Å². The molecule has 0 aliphatic heterocycles. The lowest BCUT2D eigenvalue weighted by Gasteiger charge is -2.25. The number of hydrogen-bond acceptors (Lipinski definition) is 4. The average Bonchev–Trinajstić information content (AvgIpc) is 2.73. The predicted octanol–water partition coefficient (Wildman–Crippen LogP) is 5.46. The highest BCUT2D eigenvalue weighted by Gasteiger charge is 2.21. The van der Waals surface area contributed by atoms with Gasteiger partial charge in [-0.05, 0) is 37.1 Å². The lowest BCUT2D eigenvalue weighted by molar-refractivity contribution is 0.262. The Bertz CT molecular complexity index is 1140. The SMILES string of the molecule is O=C(Nc1ccc(F)cc1F)Nc1c(NC2CCCCC2)c2ccccc2oc1=O. The highest BCUT2D eigenvalue weighted by molar-refractivity contribution is 6.05. The zero-order valence-electron chi connectivity index (χ0n) is 16.1. The minimum Gasteiger partial charge on any atom is -0.421 e. The first-order valence-corrected chi connectivity index (χ1v) is 9.87. The second kappa shape index (κ2) is 8.52. The summed E-state index contributed by atoms with van der Waals surface area (Å²) in [6, 6.07) is 9.17. The predicted molar refractivity (Wildman–Crippen MR) is 112 cm³/mol. The molecule has 0 bridgehead atoms. The number of amides is 2. The standard InChI is InChI=1S/C22H21F2N3O3/c23-13-10-11-17(16(24)12-13)26-22(29)27-20-19(25-14-6-2-1-3-7-14)15-8-4-5-9-18(15)30-21(20)28/h4-5,8-12,14,25H,1-3,6-7H2,(H2,26,27,29). The fourth-order valence-electron chi connectivity index (χ4n) is 3.72. The van der Waals surface area contributed by atoms with E-state index in [0.717, 1.165) is 37.8 Å². The topological polar surface area (TPSA) is 83.4 Å². The molecule has 3 N–H and O–H groups in total. The molecule has 8 heteroatoms. The van der Waals surface area contributed by atoms with E-state index in [1.165, 1.54) is 6.42 Å². The summed E-state index contributed by atoms with van der Waals surface area (Å²) < 4.78 is 32.3. The number of fused-ring (bicyclic) bond motifs is 1. The molecule has 0 spiro atoms. The van der Waals surface area contributed by atoms with Gasteiger partial charge in [0.1, 0.15) is 17.2 Å². The quantitative estimate of drug-likeness (QED) is 0.496. The van der Waals surface area contributed by atoms with Gasteiger partial charge in [0.05, 0.1) is 11.4 Å². The second-order valence-corrected chi connectivity index (χ2v) is 7.32. The van der Waals surface area contributed by atoms with Gasteiger partial charge in [0.2, 0.25) is 0 Å². The Morgan fingerprint density at radius 1 is 0.967 bits per heavy atom. The molecule has 0 atom stereocenters. The number of carbonyl (C=O) groups excluding carboxylic acids is 1. The molecule has 0 saturated heterocycles. The van der Waals surface area contributed by atoms with Crippen LogP contribution >= 0.6 is 0 Å². The van der Waals surface area contributed by atoms with Crippen LogP contribution in [-0.2, 0) is 0 Å². The number of halogens is 2. The summed E-state index contributed by atoms with van der Waals surface area (Å²) >= 11 is 0. The van der Waals surface area contributed by atoms with Crippen molar-refractivity contribution >= 4 is 34.1 Å². The number of urea groups is 1. The van der Waals surface area contributed by atoms with Crippen molar-refractivity contribution in [1.29, 1.82) is 0 Å². The van der Waals surface area contributed by atoms with Crippen molar-refractivity contribution < 1.29 is 18.0 Å². The van der Waals surface area contributed by atoms with E-state index < -0.39 is 23.3 Å². The smallest absolute Gasteiger partial charge is 0.362 e. The summed E-state index contributed by atoms with van der Waals surface area (Å²) in [4.78, 5) is 25.1. The summed E-state index contributed by atoms with van der Waals surface area (Å²) in [7, 11) is 0. The number of rotatable bonds is 4. The fourth-order valence-corrected chi connectivity index (χ4v) is 3.72. The van der Waals surface area contributed by atoms with Crippen LogP contribution in [0.5, 0.6) is 0 Å². The fraction of sp³-hybridized carbons (Fsp3) is 0.273. The molecule has 3 aromatic rings. The van der Waals surface area contributed by atoms with Crippen molar-refractivity contribution in [1.82, 2.24) is 0 Å². The maximum absolute atomic E-state index is 13.9. The largest absolute Gasteiger partial charge is 0.421 e. The molecular formula is C22H21F2N3O3. The van der Waals surface area contributed by atoms with Gasteiger partial charge in [0.15, 0.2) is 5.69 Å². The van der Waals surface area contributed by atoms with Gasteiger partial charge in [-0.1, -0.05) is 31.4 Å². The van der Waals surface area contributed by atoms with E-state index in [2.05, 4.69) is 16.0 Å². The molecule has 1 heterocycles. The number of hydrogen-bond donors (Lipinski definition) is 3. The minimum atomic E-state index is -0.920. The third kappa shape index (κ3) is 4.27. The molecule has 4 rings (SSSR count). The van der Waals surface area contributed by atoms with E-state index in [1.807, 2.05) is 6.07 Å². The van der Waals surface area contributed by atoms with Crippen molar-refractivity contribution in [2.24, 2.45) is 0 Å². The molecule has 1 aliphatic rings. The summed E-state index contributed by atoms with van der Waals surface area (Å²) in [5, 5.41) is 8.82. The van der Waals surface area contributed by atoms with Crippen LogP contribution in [0.2, 0.25) is 0 Å². The van der Waals surface area contributed by atoms with Crippen LogP contribution in [0.1, 0.15) is 32.1 Å². The number of carbonyl (C=O) groups is 1. The second-order valence-electron chi connectivity index (χ2n) is 7.32. The van der Waals surface area contributed by atoms with Gasteiger partial charge in [-0.25, -0.2) is 18.4 Å². The van der Waals surface area contributed by atoms with Crippen LogP contribution in [0.15, 0.2) is 51.7 Å². The van der Waals surface area contributed by atoms with Gasteiger partial charge in [-0.15, -0.1) is 0 Å². The zero-order chi connectivity index (χ0) is 21.1. The maximum atomic E-state index is 13.9. The zero-order valence-corrected chi connectivity index (χ0v) is 16.1. The van der Waals surface area contributed by atoms with Crippen LogP contribution < -0.4 is 21.6 Å². The van der Waals surface area contributed by atoms with Crippen LogP contribution in [0.3, 0.4) is 0 Å². The number of nitrogens with one attached hydrogen (secondary N) is 3. The van der Waals surface area contributed by atoms with E-state index in [0.29, 0.717) is 22.7 Å². The normalized spacial score (nSPS) is 14.5. The van der Waals surface area contributed by atoms with Gasteiger partial charge in [-0.2, -0.15) is 0 Å².